The molecule has 32 heavy (non-hydrogen) atoms. The average molecular weight is 431 g/mol. The predicted octanol–water partition coefficient (Wildman–Crippen LogP) is 4.49. The molecule has 1 atom stereocenters. The van der Waals surface area contributed by atoms with Crippen LogP contribution >= 0.6 is 0 Å². The molecule has 2 aromatic heterocycles. The van der Waals surface area contributed by atoms with Crippen LogP contribution < -0.4 is 15.8 Å². The van der Waals surface area contributed by atoms with Crippen molar-refractivity contribution in [3.8, 4) is 28.2 Å². The summed E-state index contributed by atoms with van der Waals surface area (Å²) in [6.07, 6.45) is 3.89. The second-order valence-electron chi connectivity index (χ2n) is 7.75. The van der Waals surface area contributed by atoms with Gasteiger partial charge in [0.1, 0.15) is 30.3 Å². The molecule has 0 saturated carbocycles. The topological polar surface area (TPSA) is 95.4 Å². The fourth-order valence-electron chi connectivity index (χ4n) is 4.05. The summed E-state index contributed by atoms with van der Waals surface area (Å²) in [4.78, 5) is 8.96. The maximum absolute atomic E-state index is 6.29. The lowest BCUT2D eigenvalue weighted by Crippen LogP contribution is -2.19. The van der Waals surface area contributed by atoms with Crippen molar-refractivity contribution in [1.29, 1.82) is 0 Å². The van der Waals surface area contributed by atoms with Gasteiger partial charge in [-0.05, 0) is 42.7 Å². The molecule has 1 saturated heterocycles. The van der Waals surface area contributed by atoms with E-state index in [1.54, 1.807) is 0 Å². The first-order valence-electron chi connectivity index (χ1n) is 10.9. The van der Waals surface area contributed by atoms with E-state index in [1.807, 2.05) is 42.5 Å². The molecule has 0 amide bonds. The highest BCUT2D eigenvalue weighted by molar-refractivity contribution is 6.05. The molecule has 5 rings (SSSR count). The number of furan rings is 1. The molecule has 3 N–H and O–H groups in total. The van der Waals surface area contributed by atoms with E-state index in [1.165, 1.54) is 6.33 Å². The van der Waals surface area contributed by atoms with E-state index in [0.29, 0.717) is 25.4 Å². The zero-order valence-electron chi connectivity index (χ0n) is 17.8. The monoisotopic (exact) mass is 430 g/mol. The molecule has 7 nitrogen and oxygen atoms in total. The molecule has 164 valence electrons. The fraction of sp³-hybridized carbons (Fsp3) is 0.280. The van der Waals surface area contributed by atoms with Crippen LogP contribution in [-0.4, -0.2) is 42.4 Å². The van der Waals surface area contributed by atoms with Crippen molar-refractivity contribution in [3.63, 3.8) is 0 Å². The van der Waals surface area contributed by atoms with E-state index in [-0.39, 0.29) is 6.10 Å². The molecular weight excluding hydrogens is 404 g/mol. The maximum atomic E-state index is 6.29. The number of nitrogens with two attached hydrogens (primary N) is 1. The molecule has 1 aliphatic heterocycles. The average Bonchev–Trinajstić information content (AvgIpc) is 3.50. The fourth-order valence-corrected chi connectivity index (χ4v) is 4.05. The minimum absolute atomic E-state index is 0.202. The van der Waals surface area contributed by atoms with Crippen LogP contribution in [0.25, 0.3) is 33.6 Å². The lowest BCUT2D eigenvalue weighted by atomic mass is 9.99. The Balaban J connectivity index is 1.58. The number of anilines is 1. The van der Waals surface area contributed by atoms with Gasteiger partial charge in [-0.15, -0.1) is 0 Å². The van der Waals surface area contributed by atoms with Gasteiger partial charge in [-0.1, -0.05) is 30.3 Å². The third-order valence-corrected chi connectivity index (χ3v) is 5.58. The van der Waals surface area contributed by atoms with Crippen LogP contribution in [0.2, 0.25) is 0 Å². The second kappa shape index (κ2) is 9.38. The molecule has 0 bridgehead atoms. The van der Waals surface area contributed by atoms with Crippen LogP contribution in [-0.2, 0) is 4.74 Å². The first kappa shape index (κ1) is 20.5. The predicted molar refractivity (Wildman–Crippen MR) is 125 cm³/mol. The summed E-state index contributed by atoms with van der Waals surface area (Å²) in [6.45, 7) is 2.48. The van der Waals surface area contributed by atoms with Crippen LogP contribution in [0.1, 0.15) is 12.8 Å². The standard InChI is InChI=1S/C25H26N4O3/c26-12-14-31-19-10-8-18(9-11-19)23-21(17-5-2-1-3-6-17)22-24(28-16-29-25(22)32-23)27-15-20-7-4-13-30-20/h1-3,5-6,8-11,16,20H,4,7,12-15,26H2,(H,27,28,29)/t20-/m0/s1. The molecule has 4 aromatic rings. The number of hydrogen-bond donors (Lipinski definition) is 2. The molecule has 1 aliphatic rings. The molecule has 0 radical (unpaired) electrons. The molecule has 0 aliphatic carbocycles. The van der Waals surface area contributed by atoms with E-state index in [0.717, 1.165) is 58.9 Å². The van der Waals surface area contributed by atoms with E-state index in [2.05, 4.69) is 27.4 Å². The molecule has 3 heterocycles. The maximum Gasteiger partial charge on any atom is 0.232 e. The smallest absolute Gasteiger partial charge is 0.232 e. The van der Waals surface area contributed by atoms with E-state index in [4.69, 9.17) is 19.6 Å². The van der Waals surface area contributed by atoms with Gasteiger partial charge < -0.3 is 24.9 Å². The number of hydrogen-bond acceptors (Lipinski definition) is 7. The van der Waals surface area contributed by atoms with Gasteiger partial charge in [0.15, 0.2) is 0 Å². The number of ether oxygens (including phenoxy) is 2. The summed E-state index contributed by atoms with van der Waals surface area (Å²) in [5.41, 5.74) is 9.03. The number of nitrogens with one attached hydrogen (secondary N) is 1. The Morgan fingerprint density at radius 3 is 2.62 bits per heavy atom. The summed E-state index contributed by atoms with van der Waals surface area (Å²) < 4.78 is 17.7. The Bertz CT molecular complexity index is 1170. The molecule has 0 unspecified atom stereocenters. The Morgan fingerprint density at radius 2 is 1.88 bits per heavy atom. The SMILES string of the molecule is NCCOc1ccc(-c2oc3ncnc(NC[C@@H]4CCCO4)c3c2-c2ccccc2)cc1. The van der Waals surface area contributed by atoms with Crippen molar-refractivity contribution < 1.29 is 13.9 Å². The van der Waals surface area contributed by atoms with Crippen molar-refractivity contribution in [2.75, 3.05) is 31.6 Å². The first-order chi connectivity index (χ1) is 15.8. The van der Waals surface area contributed by atoms with Crippen LogP contribution in [0, 0.1) is 0 Å². The van der Waals surface area contributed by atoms with Gasteiger partial charge in [-0.2, -0.15) is 0 Å². The summed E-state index contributed by atoms with van der Waals surface area (Å²) in [6, 6.07) is 18.0. The minimum atomic E-state index is 0.202. The highest BCUT2D eigenvalue weighted by Crippen LogP contribution is 2.42. The summed E-state index contributed by atoms with van der Waals surface area (Å²) in [5.74, 6) is 2.27. The largest absolute Gasteiger partial charge is 0.492 e. The minimum Gasteiger partial charge on any atom is -0.492 e. The van der Waals surface area contributed by atoms with Gasteiger partial charge in [-0.3, -0.25) is 0 Å². The van der Waals surface area contributed by atoms with E-state index in [9.17, 15) is 0 Å². The highest BCUT2D eigenvalue weighted by atomic mass is 16.5. The zero-order valence-corrected chi connectivity index (χ0v) is 17.8. The van der Waals surface area contributed by atoms with Gasteiger partial charge >= 0.3 is 0 Å². The number of fused-ring (bicyclic) bond motifs is 1. The molecule has 0 spiro atoms. The third kappa shape index (κ3) is 4.17. The van der Waals surface area contributed by atoms with Crippen molar-refractivity contribution >= 4 is 16.9 Å². The van der Waals surface area contributed by atoms with Crippen LogP contribution in [0.4, 0.5) is 5.82 Å². The first-order valence-corrected chi connectivity index (χ1v) is 10.9. The lowest BCUT2D eigenvalue weighted by molar-refractivity contribution is 0.120. The molecule has 1 fully saturated rings. The number of rotatable bonds is 8. The third-order valence-electron chi connectivity index (χ3n) is 5.58. The van der Waals surface area contributed by atoms with Gasteiger partial charge in [0, 0.05) is 30.8 Å². The Hall–Kier alpha value is -3.42. The van der Waals surface area contributed by atoms with E-state index < -0.39 is 0 Å². The normalized spacial score (nSPS) is 15.8. The molecule has 7 heteroatoms. The molecular formula is C25H26N4O3. The quantitative estimate of drug-likeness (QED) is 0.425. The van der Waals surface area contributed by atoms with Crippen LogP contribution in [0.5, 0.6) is 5.75 Å². The second-order valence-corrected chi connectivity index (χ2v) is 7.75. The Kier molecular flexibility index (Phi) is 6.00. The van der Waals surface area contributed by atoms with Gasteiger partial charge in [0.05, 0.1) is 11.5 Å². The van der Waals surface area contributed by atoms with E-state index >= 15 is 0 Å². The van der Waals surface area contributed by atoms with Crippen molar-refractivity contribution in [1.82, 2.24) is 9.97 Å². The summed E-state index contributed by atoms with van der Waals surface area (Å²) >= 11 is 0. The number of aromatic nitrogens is 2. The Morgan fingerprint density at radius 1 is 1.03 bits per heavy atom. The van der Waals surface area contributed by atoms with Crippen molar-refractivity contribution in [3.05, 3.63) is 60.9 Å². The van der Waals surface area contributed by atoms with Gasteiger partial charge in [0.25, 0.3) is 0 Å². The highest BCUT2D eigenvalue weighted by Gasteiger charge is 2.23. The van der Waals surface area contributed by atoms with Gasteiger partial charge in [0.2, 0.25) is 5.71 Å². The summed E-state index contributed by atoms with van der Waals surface area (Å²) in [7, 11) is 0. The van der Waals surface area contributed by atoms with Crippen LogP contribution in [0.15, 0.2) is 65.3 Å². The molecule has 2 aromatic carbocycles. The van der Waals surface area contributed by atoms with Crippen molar-refractivity contribution in [2.24, 2.45) is 5.73 Å². The van der Waals surface area contributed by atoms with Crippen LogP contribution in [0.3, 0.4) is 0 Å². The van der Waals surface area contributed by atoms with Crippen molar-refractivity contribution in [2.45, 2.75) is 18.9 Å². The Labute approximate surface area is 186 Å². The number of nitrogens with zero attached hydrogens (tertiary/aromatic N) is 2. The summed E-state index contributed by atoms with van der Waals surface area (Å²) in [5, 5.41) is 4.34. The van der Waals surface area contributed by atoms with Gasteiger partial charge in [-0.25, -0.2) is 9.97 Å². The zero-order chi connectivity index (χ0) is 21.8. The lowest BCUT2D eigenvalue weighted by Gasteiger charge is -2.12. The number of benzene rings is 2.